The average Bonchev–Trinajstić information content (AvgIpc) is 2.51. The van der Waals surface area contributed by atoms with Crippen molar-refractivity contribution in [1.29, 1.82) is 0 Å². The highest BCUT2D eigenvalue weighted by molar-refractivity contribution is 14.1. The lowest BCUT2D eigenvalue weighted by Crippen LogP contribution is -2.52. The topological polar surface area (TPSA) is 127 Å². The Kier molecular flexibility index (Phi) is 9.10. The highest BCUT2D eigenvalue weighted by Crippen LogP contribution is 2.24. The van der Waals surface area contributed by atoms with Crippen molar-refractivity contribution in [2.45, 2.75) is 31.0 Å². The summed E-state index contributed by atoms with van der Waals surface area (Å²) in [7, 11) is 0. The van der Waals surface area contributed by atoms with Gasteiger partial charge in [-0.05, 0) is 79.9 Å². The van der Waals surface area contributed by atoms with E-state index in [0.29, 0.717) is 15.4 Å². The molecular formula is C13H14I3NO6. The first kappa shape index (κ1) is 21.4. The van der Waals surface area contributed by atoms with Crippen molar-refractivity contribution in [1.82, 2.24) is 5.32 Å². The third kappa shape index (κ3) is 5.71. The maximum Gasteiger partial charge on any atom is 0.254 e. The van der Waals surface area contributed by atoms with Crippen molar-refractivity contribution in [2.75, 3.05) is 0 Å². The molecule has 0 spiro atoms. The molecule has 1 aromatic carbocycles. The normalized spacial score (nSPS) is 16.3. The fourth-order valence-electron chi connectivity index (χ4n) is 1.65. The smallest absolute Gasteiger partial charge is 0.254 e. The van der Waals surface area contributed by atoms with Crippen LogP contribution >= 0.6 is 67.8 Å². The number of halogens is 3. The zero-order chi connectivity index (χ0) is 17.7. The van der Waals surface area contributed by atoms with Gasteiger partial charge in [-0.1, -0.05) is 0 Å². The molecule has 0 aromatic heterocycles. The second-order valence-corrected chi connectivity index (χ2v) is 7.91. The Morgan fingerprint density at radius 2 is 1.70 bits per heavy atom. The molecule has 1 amide bonds. The minimum Gasteiger partial charge on any atom is -0.390 e. The van der Waals surface area contributed by atoms with E-state index in [1.807, 2.05) is 22.6 Å². The van der Waals surface area contributed by atoms with Gasteiger partial charge >= 0.3 is 0 Å². The third-order valence-electron chi connectivity index (χ3n) is 2.96. The first-order valence-electron chi connectivity index (χ1n) is 6.31. The molecular weight excluding hydrogens is 647 g/mol. The number of carbonyl (C=O) groups is 2. The summed E-state index contributed by atoms with van der Waals surface area (Å²) in [4.78, 5) is 22.5. The number of hydrogen-bond acceptors (Lipinski definition) is 6. The number of aliphatic hydroxyl groups is 4. The van der Waals surface area contributed by atoms with E-state index in [4.69, 9.17) is 0 Å². The van der Waals surface area contributed by atoms with Gasteiger partial charge in [-0.3, -0.25) is 4.79 Å². The van der Waals surface area contributed by atoms with Crippen molar-refractivity contribution >= 4 is 80.0 Å². The van der Waals surface area contributed by atoms with E-state index in [0.717, 1.165) is 7.14 Å². The number of benzene rings is 1. The van der Waals surface area contributed by atoms with Crippen molar-refractivity contribution in [3.8, 4) is 0 Å². The quantitative estimate of drug-likeness (QED) is 0.123. The molecule has 23 heavy (non-hydrogen) atoms. The lowest BCUT2D eigenvalue weighted by atomic mass is 10.0. The van der Waals surface area contributed by atoms with Crippen molar-refractivity contribution < 1.29 is 30.0 Å². The maximum absolute atomic E-state index is 12.2. The summed E-state index contributed by atoms with van der Waals surface area (Å²) < 4.78 is 2.54. The van der Waals surface area contributed by atoms with E-state index in [2.05, 4.69) is 50.5 Å². The highest BCUT2D eigenvalue weighted by Gasteiger charge is 2.31. The number of hydrogen-bond donors (Lipinski definition) is 5. The van der Waals surface area contributed by atoms with Gasteiger partial charge in [0.15, 0.2) is 6.23 Å². The second-order valence-electron chi connectivity index (χ2n) is 4.59. The van der Waals surface area contributed by atoms with Crippen LogP contribution in [0.4, 0.5) is 0 Å². The molecule has 4 atom stereocenters. The van der Waals surface area contributed by atoms with Crippen molar-refractivity contribution in [2.24, 2.45) is 0 Å². The van der Waals surface area contributed by atoms with Crippen LogP contribution in [0.3, 0.4) is 0 Å². The Labute approximate surface area is 173 Å². The van der Waals surface area contributed by atoms with Crippen LogP contribution in [0.5, 0.6) is 0 Å². The molecule has 5 N–H and O–H groups in total. The maximum atomic E-state index is 12.2. The lowest BCUT2D eigenvalue weighted by molar-refractivity contribution is -0.123. The van der Waals surface area contributed by atoms with Crippen LogP contribution in [-0.4, -0.2) is 57.2 Å². The van der Waals surface area contributed by atoms with E-state index in [1.165, 1.54) is 0 Å². The van der Waals surface area contributed by atoms with Crippen molar-refractivity contribution in [3.05, 3.63) is 28.4 Å². The molecule has 1 unspecified atom stereocenters. The predicted octanol–water partition coefficient (Wildman–Crippen LogP) is 0.220. The number of aldehydes is 1. The van der Waals surface area contributed by atoms with Crippen LogP contribution in [0, 0.1) is 10.7 Å². The zero-order valence-corrected chi connectivity index (χ0v) is 18.0. The Morgan fingerprint density at radius 1 is 1.09 bits per heavy atom. The predicted molar refractivity (Wildman–Crippen MR) is 107 cm³/mol. The number of nitrogens with one attached hydrogen (secondary N) is 1. The Balaban J connectivity index is 2.81. The number of carbonyl (C=O) groups excluding carboxylic acids is 2. The number of rotatable bonds is 7. The van der Waals surface area contributed by atoms with Crippen LogP contribution < -0.4 is 5.32 Å². The summed E-state index contributed by atoms with van der Waals surface area (Å²) >= 11 is 6.22. The second kappa shape index (κ2) is 9.76. The lowest BCUT2D eigenvalue weighted by Gasteiger charge is -2.26. The fraction of sp³-hybridized carbons (Fsp3) is 0.385. The largest absolute Gasteiger partial charge is 0.390 e. The molecule has 0 saturated heterocycles. The molecule has 0 aliphatic carbocycles. The van der Waals surface area contributed by atoms with Crippen LogP contribution in [0.15, 0.2) is 12.1 Å². The molecule has 0 heterocycles. The van der Waals surface area contributed by atoms with Crippen LogP contribution in [0.1, 0.15) is 16.8 Å². The van der Waals surface area contributed by atoms with Crippen LogP contribution in [0.2, 0.25) is 0 Å². The van der Waals surface area contributed by atoms with Crippen LogP contribution in [0.25, 0.3) is 0 Å². The molecule has 10 heteroatoms. The molecule has 0 fully saturated rings. The molecule has 128 valence electrons. The molecule has 0 saturated carbocycles. The van der Waals surface area contributed by atoms with E-state index >= 15 is 0 Å². The third-order valence-corrected chi connectivity index (χ3v) is 8.17. The Bertz CT molecular complexity index is 585. The van der Waals surface area contributed by atoms with Gasteiger partial charge < -0.3 is 30.5 Å². The van der Waals surface area contributed by atoms with E-state index in [9.17, 15) is 30.0 Å². The first-order valence-corrected chi connectivity index (χ1v) is 9.54. The molecule has 0 aliphatic heterocycles. The van der Waals surface area contributed by atoms with E-state index < -0.39 is 36.9 Å². The van der Waals surface area contributed by atoms with E-state index in [-0.39, 0.29) is 0 Å². The van der Waals surface area contributed by atoms with Crippen molar-refractivity contribution in [3.63, 3.8) is 0 Å². The molecule has 1 rings (SSSR count). The Hall–Kier alpha value is 0.390. The minimum absolute atomic E-state index is 0.310. The summed E-state index contributed by atoms with van der Waals surface area (Å²) in [6.07, 6.45) is -6.96. The summed E-state index contributed by atoms with van der Waals surface area (Å²) in [6.45, 7) is 0. The van der Waals surface area contributed by atoms with Gasteiger partial charge in [-0.15, -0.1) is 0 Å². The van der Waals surface area contributed by atoms with Gasteiger partial charge in [0.1, 0.15) is 18.5 Å². The summed E-state index contributed by atoms with van der Waals surface area (Å²) in [6, 6.07) is 3.32. The summed E-state index contributed by atoms with van der Waals surface area (Å²) in [5.74, 6) is -0.632. The number of amides is 1. The summed E-state index contributed by atoms with van der Waals surface area (Å²) in [5.41, 5.74) is 0.310. The Morgan fingerprint density at radius 3 is 2.26 bits per heavy atom. The zero-order valence-electron chi connectivity index (χ0n) is 11.5. The standard InChI is InChI=1S/C13H14I3NO6/c14-6-2-1-5(8(15)9(6)16)12(22)17-13(23)11(21)10(20)7(19)3-4-18/h1-2,4,7,10-11,13,19-21,23H,3H2,(H,17,22)/t7-,10+,11+,13?/m1/s1. The van der Waals surface area contributed by atoms with Gasteiger partial charge in [-0.2, -0.15) is 0 Å². The number of aliphatic hydroxyl groups excluding tert-OH is 4. The fourth-order valence-corrected chi connectivity index (χ4v) is 3.80. The SMILES string of the molecule is O=CC[C@@H](O)[C@H](O)[C@H](O)C(O)NC(=O)c1ccc(I)c(I)c1I. The molecule has 7 nitrogen and oxygen atoms in total. The van der Waals surface area contributed by atoms with Gasteiger partial charge in [0.25, 0.3) is 5.91 Å². The van der Waals surface area contributed by atoms with E-state index in [1.54, 1.807) is 12.1 Å². The summed E-state index contributed by atoms with van der Waals surface area (Å²) in [5, 5.41) is 40.8. The monoisotopic (exact) mass is 661 g/mol. The van der Waals surface area contributed by atoms with Gasteiger partial charge in [0.05, 0.1) is 11.7 Å². The molecule has 0 aliphatic rings. The first-order chi connectivity index (χ1) is 10.7. The van der Waals surface area contributed by atoms with Gasteiger partial charge in [0.2, 0.25) is 0 Å². The van der Waals surface area contributed by atoms with Gasteiger partial charge in [0, 0.05) is 17.1 Å². The molecule has 0 bridgehead atoms. The van der Waals surface area contributed by atoms with Gasteiger partial charge in [-0.25, -0.2) is 0 Å². The average molecular weight is 661 g/mol. The van der Waals surface area contributed by atoms with Crippen LogP contribution in [-0.2, 0) is 4.79 Å². The molecule has 0 radical (unpaired) electrons. The highest BCUT2D eigenvalue weighted by atomic mass is 127. The minimum atomic E-state index is -1.84. The molecule has 1 aromatic rings.